The highest BCUT2D eigenvalue weighted by Crippen LogP contribution is 2.21. The predicted octanol–water partition coefficient (Wildman–Crippen LogP) is 2.91. The zero-order valence-corrected chi connectivity index (χ0v) is 9.83. The lowest BCUT2D eigenvalue weighted by molar-refractivity contribution is 0.291. The van der Waals surface area contributed by atoms with Gasteiger partial charge in [0.1, 0.15) is 0 Å². The van der Waals surface area contributed by atoms with Gasteiger partial charge in [-0.15, -0.1) is 0 Å². The molecule has 1 rings (SSSR count). The van der Waals surface area contributed by atoms with Crippen LogP contribution in [0.15, 0.2) is 0 Å². The molecule has 0 spiro atoms. The van der Waals surface area contributed by atoms with Crippen LogP contribution in [0.5, 0.6) is 0 Å². The number of hydrogen-bond acceptors (Lipinski definition) is 2. The Morgan fingerprint density at radius 3 is 2.92 bits per heavy atom. The average Bonchev–Trinajstić information content (AvgIpc) is 2.19. The van der Waals surface area contributed by atoms with Gasteiger partial charge in [0.2, 0.25) is 0 Å². The molecule has 2 heteroatoms. The Morgan fingerprint density at radius 1 is 1.38 bits per heavy atom. The fourth-order valence-corrected chi connectivity index (χ4v) is 2.80. The van der Waals surface area contributed by atoms with Crippen LogP contribution in [0, 0.1) is 5.92 Å². The Bertz CT molecular complexity index is 127. The van der Waals surface area contributed by atoms with Crippen molar-refractivity contribution < 1.29 is 0 Å². The van der Waals surface area contributed by atoms with Crippen LogP contribution in [-0.2, 0) is 0 Å². The fourth-order valence-electron chi connectivity index (χ4n) is 2.06. The van der Waals surface area contributed by atoms with Gasteiger partial charge in [0.05, 0.1) is 0 Å². The Kier molecular flexibility index (Phi) is 5.88. The summed E-state index contributed by atoms with van der Waals surface area (Å²) >= 11 is 2.07. The summed E-state index contributed by atoms with van der Waals surface area (Å²) in [7, 11) is 0. The van der Waals surface area contributed by atoms with Crippen LogP contribution < -0.4 is 5.32 Å². The summed E-state index contributed by atoms with van der Waals surface area (Å²) in [5.74, 6) is 3.60. The summed E-state index contributed by atoms with van der Waals surface area (Å²) in [5.41, 5.74) is 0. The molecule has 2 unspecified atom stereocenters. The van der Waals surface area contributed by atoms with E-state index in [4.69, 9.17) is 0 Å². The molecule has 1 nitrogen and oxygen atoms in total. The molecule has 1 aliphatic rings. The highest BCUT2D eigenvalue weighted by molar-refractivity contribution is 7.99. The van der Waals surface area contributed by atoms with Gasteiger partial charge >= 0.3 is 0 Å². The van der Waals surface area contributed by atoms with Crippen LogP contribution >= 0.6 is 11.8 Å². The summed E-state index contributed by atoms with van der Waals surface area (Å²) in [6.07, 6.45) is 5.56. The summed E-state index contributed by atoms with van der Waals surface area (Å²) in [6, 6.07) is 0.817. The van der Waals surface area contributed by atoms with Crippen molar-refractivity contribution in [1.29, 1.82) is 0 Å². The van der Waals surface area contributed by atoms with E-state index in [0.29, 0.717) is 0 Å². The largest absolute Gasteiger partial charge is 0.314 e. The zero-order chi connectivity index (χ0) is 9.52. The average molecular weight is 201 g/mol. The van der Waals surface area contributed by atoms with Gasteiger partial charge in [0, 0.05) is 6.04 Å². The molecule has 0 saturated carbocycles. The summed E-state index contributed by atoms with van der Waals surface area (Å²) in [4.78, 5) is 0. The fraction of sp³-hybridized carbons (Fsp3) is 1.00. The molecule has 0 radical (unpaired) electrons. The van der Waals surface area contributed by atoms with Gasteiger partial charge < -0.3 is 5.32 Å². The van der Waals surface area contributed by atoms with Crippen molar-refractivity contribution in [3.8, 4) is 0 Å². The molecule has 13 heavy (non-hydrogen) atoms. The molecular formula is C11H23NS. The van der Waals surface area contributed by atoms with Gasteiger partial charge in [-0.3, -0.25) is 0 Å². The summed E-state index contributed by atoms with van der Waals surface area (Å²) < 4.78 is 0. The minimum atomic E-state index is 0.817. The van der Waals surface area contributed by atoms with Crippen molar-refractivity contribution in [3.63, 3.8) is 0 Å². The van der Waals surface area contributed by atoms with Gasteiger partial charge in [0.25, 0.3) is 0 Å². The van der Waals surface area contributed by atoms with Crippen molar-refractivity contribution in [1.82, 2.24) is 5.32 Å². The van der Waals surface area contributed by atoms with Gasteiger partial charge in [-0.2, -0.15) is 11.8 Å². The lowest BCUT2D eigenvalue weighted by Gasteiger charge is -2.29. The number of piperidine rings is 1. The number of rotatable bonds is 5. The van der Waals surface area contributed by atoms with E-state index in [9.17, 15) is 0 Å². The standard InChI is InChI=1S/C11H23NS/c1-3-10-5-7-12-11(9-10)6-8-13-4-2/h10-12H,3-9H2,1-2H3. The predicted molar refractivity (Wildman–Crippen MR) is 62.4 cm³/mol. The second-order valence-electron chi connectivity index (χ2n) is 3.94. The Balaban J connectivity index is 2.11. The third-order valence-electron chi connectivity index (χ3n) is 3.00. The van der Waals surface area contributed by atoms with Crippen molar-refractivity contribution in [2.75, 3.05) is 18.1 Å². The molecular weight excluding hydrogens is 178 g/mol. The molecule has 1 fully saturated rings. The zero-order valence-electron chi connectivity index (χ0n) is 9.01. The Hall–Kier alpha value is 0.310. The lowest BCUT2D eigenvalue weighted by Crippen LogP contribution is -2.38. The van der Waals surface area contributed by atoms with E-state index >= 15 is 0 Å². The minimum absolute atomic E-state index is 0.817. The second-order valence-corrected chi connectivity index (χ2v) is 5.33. The smallest absolute Gasteiger partial charge is 0.00775 e. The van der Waals surface area contributed by atoms with E-state index in [1.54, 1.807) is 0 Å². The van der Waals surface area contributed by atoms with Crippen molar-refractivity contribution in [3.05, 3.63) is 0 Å². The number of nitrogens with one attached hydrogen (secondary N) is 1. The van der Waals surface area contributed by atoms with Gasteiger partial charge in [-0.25, -0.2) is 0 Å². The molecule has 0 aliphatic carbocycles. The van der Waals surface area contributed by atoms with E-state index in [1.807, 2.05) is 0 Å². The molecule has 78 valence electrons. The maximum atomic E-state index is 3.63. The van der Waals surface area contributed by atoms with Crippen molar-refractivity contribution in [2.24, 2.45) is 5.92 Å². The molecule has 2 atom stereocenters. The number of hydrogen-bond donors (Lipinski definition) is 1. The van der Waals surface area contributed by atoms with E-state index in [-0.39, 0.29) is 0 Å². The first kappa shape index (κ1) is 11.4. The first-order chi connectivity index (χ1) is 6.36. The van der Waals surface area contributed by atoms with E-state index in [1.165, 1.54) is 43.7 Å². The van der Waals surface area contributed by atoms with Crippen LogP contribution in [-0.4, -0.2) is 24.1 Å². The maximum Gasteiger partial charge on any atom is 0.00775 e. The highest BCUT2D eigenvalue weighted by Gasteiger charge is 2.19. The normalized spacial score (nSPS) is 29.1. The molecule has 0 bridgehead atoms. The Morgan fingerprint density at radius 2 is 2.23 bits per heavy atom. The third kappa shape index (κ3) is 4.37. The van der Waals surface area contributed by atoms with Gasteiger partial charge in [0.15, 0.2) is 0 Å². The second kappa shape index (κ2) is 6.72. The molecule has 1 N–H and O–H groups in total. The topological polar surface area (TPSA) is 12.0 Å². The molecule has 1 aliphatic heterocycles. The summed E-state index contributed by atoms with van der Waals surface area (Å²) in [5, 5.41) is 3.63. The van der Waals surface area contributed by atoms with Crippen LogP contribution in [0.2, 0.25) is 0 Å². The molecule has 1 heterocycles. The monoisotopic (exact) mass is 201 g/mol. The Labute approximate surface area is 87.1 Å². The highest BCUT2D eigenvalue weighted by atomic mass is 32.2. The van der Waals surface area contributed by atoms with Crippen LogP contribution in [0.1, 0.15) is 39.5 Å². The third-order valence-corrected chi connectivity index (χ3v) is 3.93. The molecule has 0 aromatic heterocycles. The molecule has 0 aromatic carbocycles. The van der Waals surface area contributed by atoms with Gasteiger partial charge in [-0.05, 0) is 43.2 Å². The first-order valence-corrected chi connectivity index (χ1v) is 6.83. The quantitative estimate of drug-likeness (QED) is 0.686. The SMILES string of the molecule is CCSCCC1CC(CC)CCN1. The molecule has 1 saturated heterocycles. The molecule has 0 amide bonds. The van der Waals surface area contributed by atoms with E-state index in [0.717, 1.165) is 12.0 Å². The van der Waals surface area contributed by atoms with Crippen LogP contribution in [0.3, 0.4) is 0 Å². The van der Waals surface area contributed by atoms with Crippen molar-refractivity contribution in [2.45, 2.75) is 45.6 Å². The minimum Gasteiger partial charge on any atom is -0.314 e. The van der Waals surface area contributed by atoms with Crippen molar-refractivity contribution >= 4 is 11.8 Å². The van der Waals surface area contributed by atoms with Crippen LogP contribution in [0.25, 0.3) is 0 Å². The lowest BCUT2D eigenvalue weighted by atomic mass is 9.89. The van der Waals surface area contributed by atoms with Gasteiger partial charge in [-0.1, -0.05) is 20.3 Å². The first-order valence-electron chi connectivity index (χ1n) is 5.68. The van der Waals surface area contributed by atoms with E-state index in [2.05, 4.69) is 30.9 Å². The summed E-state index contributed by atoms with van der Waals surface area (Å²) in [6.45, 7) is 5.82. The van der Waals surface area contributed by atoms with E-state index < -0.39 is 0 Å². The van der Waals surface area contributed by atoms with Crippen LogP contribution in [0.4, 0.5) is 0 Å². The molecule has 0 aromatic rings. The number of thioether (sulfide) groups is 1. The maximum absolute atomic E-state index is 3.63.